The summed E-state index contributed by atoms with van der Waals surface area (Å²) in [4.78, 5) is 8.62. The Hall–Kier alpha value is -1.18. The van der Waals surface area contributed by atoms with Gasteiger partial charge in [-0.25, -0.2) is 13.4 Å². The van der Waals surface area contributed by atoms with Crippen LogP contribution in [0.2, 0.25) is 0 Å². The lowest BCUT2D eigenvalue weighted by atomic mass is 10.1. The standard InChI is InChI=1S/C17H29N3O3S/c1-16(2,3)24(22,23)15-7-6-14(12-18-15)20-10-8-19(9-11-20)13-17(4,5)21/h6-7,12,21H,8-11,13H2,1-5H3. The summed E-state index contributed by atoms with van der Waals surface area (Å²) in [6.45, 7) is 12.7. The van der Waals surface area contributed by atoms with Crippen LogP contribution in [-0.2, 0) is 9.84 Å². The summed E-state index contributed by atoms with van der Waals surface area (Å²) in [6.07, 6.45) is 1.64. The molecule has 0 radical (unpaired) electrons. The summed E-state index contributed by atoms with van der Waals surface area (Å²) in [6, 6.07) is 3.43. The van der Waals surface area contributed by atoms with Crippen molar-refractivity contribution in [2.45, 2.75) is 50.0 Å². The van der Waals surface area contributed by atoms with Crippen LogP contribution in [-0.4, -0.2) is 66.5 Å². The summed E-state index contributed by atoms with van der Waals surface area (Å²) in [5.41, 5.74) is 0.248. The van der Waals surface area contributed by atoms with E-state index in [2.05, 4.69) is 14.8 Å². The van der Waals surface area contributed by atoms with E-state index in [0.29, 0.717) is 6.54 Å². The molecule has 2 heterocycles. The maximum Gasteiger partial charge on any atom is 0.200 e. The Balaban J connectivity index is 2.03. The van der Waals surface area contributed by atoms with E-state index in [1.807, 2.05) is 19.9 Å². The molecule has 1 aromatic heterocycles. The molecule has 1 fully saturated rings. The number of hydrogen-bond acceptors (Lipinski definition) is 6. The van der Waals surface area contributed by atoms with E-state index in [0.717, 1.165) is 31.9 Å². The molecule has 6 nitrogen and oxygen atoms in total. The molecule has 0 bridgehead atoms. The number of β-amino-alcohol motifs (C(OH)–C–C–N with tert-alkyl or cyclic N) is 1. The highest BCUT2D eigenvalue weighted by Crippen LogP contribution is 2.25. The minimum absolute atomic E-state index is 0.124. The molecule has 0 saturated carbocycles. The summed E-state index contributed by atoms with van der Waals surface area (Å²) in [5.74, 6) is 0. The van der Waals surface area contributed by atoms with E-state index in [-0.39, 0.29) is 5.03 Å². The Morgan fingerprint density at radius 3 is 2.08 bits per heavy atom. The van der Waals surface area contributed by atoms with E-state index in [1.54, 1.807) is 33.0 Å². The fraction of sp³-hybridized carbons (Fsp3) is 0.706. The van der Waals surface area contributed by atoms with E-state index < -0.39 is 20.2 Å². The predicted octanol–water partition coefficient (Wildman–Crippen LogP) is 1.55. The first kappa shape index (κ1) is 19.1. The monoisotopic (exact) mass is 355 g/mol. The van der Waals surface area contributed by atoms with Crippen molar-refractivity contribution in [3.8, 4) is 0 Å². The van der Waals surface area contributed by atoms with Gasteiger partial charge in [-0.3, -0.25) is 4.90 Å². The molecule has 1 N–H and O–H groups in total. The molecule has 1 aliphatic heterocycles. The molecular formula is C17H29N3O3S. The van der Waals surface area contributed by atoms with Gasteiger partial charge in [0.2, 0.25) is 0 Å². The van der Waals surface area contributed by atoms with Crippen LogP contribution in [0.15, 0.2) is 23.4 Å². The third-order valence-electron chi connectivity index (χ3n) is 4.15. The van der Waals surface area contributed by atoms with Crippen LogP contribution in [0.5, 0.6) is 0 Å². The second kappa shape index (κ2) is 6.61. The molecule has 136 valence electrons. The highest BCUT2D eigenvalue weighted by Gasteiger charge is 2.32. The molecule has 2 rings (SSSR count). The van der Waals surface area contributed by atoms with Gasteiger partial charge in [0.25, 0.3) is 0 Å². The maximum absolute atomic E-state index is 12.4. The molecule has 0 aliphatic carbocycles. The quantitative estimate of drug-likeness (QED) is 0.883. The summed E-state index contributed by atoms with van der Waals surface area (Å²) in [5, 5.41) is 10.0. The predicted molar refractivity (Wildman–Crippen MR) is 96.1 cm³/mol. The average molecular weight is 356 g/mol. The van der Waals surface area contributed by atoms with Gasteiger partial charge in [-0.05, 0) is 46.8 Å². The number of rotatable bonds is 4. The zero-order valence-corrected chi connectivity index (χ0v) is 16.1. The minimum Gasteiger partial charge on any atom is -0.389 e. The van der Waals surface area contributed by atoms with E-state index >= 15 is 0 Å². The van der Waals surface area contributed by atoms with Crippen molar-refractivity contribution in [2.24, 2.45) is 0 Å². The molecule has 0 aromatic carbocycles. The van der Waals surface area contributed by atoms with Crippen LogP contribution < -0.4 is 4.90 Å². The first-order valence-corrected chi connectivity index (χ1v) is 9.79. The van der Waals surface area contributed by atoms with Crippen molar-refractivity contribution in [3.05, 3.63) is 18.3 Å². The zero-order valence-electron chi connectivity index (χ0n) is 15.3. The Kier molecular flexibility index (Phi) is 5.28. The first-order valence-electron chi connectivity index (χ1n) is 8.30. The molecule has 0 unspecified atom stereocenters. The number of nitrogens with zero attached hydrogens (tertiary/aromatic N) is 3. The van der Waals surface area contributed by atoms with Gasteiger partial charge in [0.15, 0.2) is 14.9 Å². The number of pyridine rings is 1. The number of hydrogen-bond donors (Lipinski definition) is 1. The zero-order chi connectivity index (χ0) is 18.2. The SMILES string of the molecule is CC(C)(O)CN1CCN(c2ccc(S(=O)(=O)C(C)(C)C)nc2)CC1. The fourth-order valence-corrected chi connectivity index (χ4v) is 3.81. The van der Waals surface area contributed by atoms with Crippen LogP contribution in [0.4, 0.5) is 5.69 Å². The topological polar surface area (TPSA) is 73.7 Å². The lowest BCUT2D eigenvalue weighted by Gasteiger charge is -2.38. The van der Waals surface area contributed by atoms with Crippen molar-refractivity contribution in [3.63, 3.8) is 0 Å². The van der Waals surface area contributed by atoms with Gasteiger partial charge in [-0.1, -0.05) is 0 Å². The second-order valence-electron chi connectivity index (χ2n) is 8.05. The van der Waals surface area contributed by atoms with Gasteiger partial charge in [0.1, 0.15) is 0 Å². The van der Waals surface area contributed by atoms with Gasteiger partial charge in [0.05, 0.1) is 22.2 Å². The average Bonchev–Trinajstić information content (AvgIpc) is 2.45. The molecule has 1 aromatic rings. The molecule has 0 amide bonds. The number of anilines is 1. The molecule has 24 heavy (non-hydrogen) atoms. The molecule has 1 aliphatic rings. The van der Waals surface area contributed by atoms with Crippen LogP contribution in [0.1, 0.15) is 34.6 Å². The largest absolute Gasteiger partial charge is 0.389 e. The van der Waals surface area contributed by atoms with Crippen molar-refractivity contribution < 1.29 is 13.5 Å². The van der Waals surface area contributed by atoms with Gasteiger partial charge >= 0.3 is 0 Å². The summed E-state index contributed by atoms with van der Waals surface area (Å²) in [7, 11) is -3.42. The molecule has 1 saturated heterocycles. The number of sulfone groups is 1. The van der Waals surface area contributed by atoms with Crippen molar-refractivity contribution in [1.29, 1.82) is 0 Å². The van der Waals surface area contributed by atoms with E-state index in [1.165, 1.54) is 0 Å². The maximum atomic E-state index is 12.4. The lowest BCUT2D eigenvalue weighted by molar-refractivity contribution is 0.0345. The van der Waals surface area contributed by atoms with Crippen molar-refractivity contribution in [2.75, 3.05) is 37.6 Å². The third-order valence-corrected chi connectivity index (χ3v) is 6.55. The second-order valence-corrected chi connectivity index (χ2v) is 10.7. The highest BCUT2D eigenvalue weighted by molar-refractivity contribution is 7.92. The Labute approximate surface area is 145 Å². The molecule has 0 spiro atoms. The highest BCUT2D eigenvalue weighted by atomic mass is 32.2. The Bertz CT molecular complexity index is 650. The van der Waals surface area contributed by atoms with E-state index in [9.17, 15) is 13.5 Å². The molecule has 0 atom stereocenters. The van der Waals surface area contributed by atoms with Gasteiger partial charge in [0, 0.05) is 32.7 Å². The number of aliphatic hydroxyl groups is 1. The first-order chi connectivity index (χ1) is 10.9. The summed E-state index contributed by atoms with van der Waals surface area (Å²) < 4.78 is 24.0. The Morgan fingerprint density at radius 1 is 1.08 bits per heavy atom. The van der Waals surface area contributed by atoms with Gasteiger partial charge in [-0.2, -0.15) is 0 Å². The van der Waals surface area contributed by atoms with Crippen LogP contribution in [0.3, 0.4) is 0 Å². The van der Waals surface area contributed by atoms with Crippen LogP contribution >= 0.6 is 0 Å². The van der Waals surface area contributed by atoms with Crippen molar-refractivity contribution in [1.82, 2.24) is 9.88 Å². The Morgan fingerprint density at radius 2 is 1.67 bits per heavy atom. The molecular weight excluding hydrogens is 326 g/mol. The third kappa shape index (κ3) is 4.46. The number of aromatic nitrogens is 1. The van der Waals surface area contributed by atoms with Crippen LogP contribution in [0, 0.1) is 0 Å². The van der Waals surface area contributed by atoms with E-state index in [4.69, 9.17) is 0 Å². The van der Waals surface area contributed by atoms with Gasteiger partial charge < -0.3 is 10.0 Å². The summed E-state index contributed by atoms with van der Waals surface area (Å²) >= 11 is 0. The van der Waals surface area contributed by atoms with Crippen molar-refractivity contribution >= 4 is 15.5 Å². The molecule has 7 heteroatoms. The van der Waals surface area contributed by atoms with Crippen LogP contribution in [0.25, 0.3) is 0 Å². The number of piperazine rings is 1. The minimum atomic E-state index is -3.42. The smallest absolute Gasteiger partial charge is 0.200 e. The normalized spacial score (nSPS) is 18.0. The van der Waals surface area contributed by atoms with Gasteiger partial charge in [-0.15, -0.1) is 0 Å². The fourth-order valence-electron chi connectivity index (χ4n) is 2.74. The lowest BCUT2D eigenvalue weighted by Crippen LogP contribution is -2.50.